The number of para-hydroxylation sites is 2. The first-order chi connectivity index (χ1) is 30.2. The van der Waals surface area contributed by atoms with Crippen LogP contribution in [0.4, 0.5) is 0 Å². The Hall–Kier alpha value is -5.53. The Morgan fingerprint density at radius 3 is 1.11 bits per heavy atom. The lowest BCUT2D eigenvalue weighted by molar-refractivity contribution is 0.812. The van der Waals surface area contributed by atoms with Crippen molar-refractivity contribution in [2.45, 2.75) is 119 Å². The number of hydrogen-bond donors (Lipinski definition) is 0. The van der Waals surface area contributed by atoms with E-state index in [4.69, 9.17) is 0 Å². The van der Waals surface area contributed by atoms with Crippen molar-refractivity contribution in [3.8, 4) is 16.8 Å². The van der Waals surface area contributed by atoms with Gasteiger partial charge in [-0.05, 0) is 104 Å². The second-order valence-corrected chi connectivity index (χ2v) is 20.4. The molecule has 63 heavy (non-hydrogen) atoms. The van der Waals surface area contributed by atoms with Gasteiger partial charge in [-0.3, -0.25) is 0 Å². The molecule has 7 aromatic carbocycles. The average molecular weight is 822 g/mol. The Kier molecular flexibility index (Phi) is 11.5. The van der Waals surface area contributed by atoms with E-state index in [9.17, 15) is 0 Å². The van der Waals surface area contributed by atoms with Gasteiger partial charge in [-0.2, -0.15) is 0 Å². The number of hydrogen-bond acceptors (Lipinski definition) is 0. The van der Waals surface area contributed by atoms with Gasteiger partial charge in [0.25, 0.3) is 0 Å². The summed E-state index contributed by atoms with van der Waals surface area (Å²) in [4.78, 5) is 0. The Morgan fingerprint density at radius 2 is 0.698 bits per heavy atom. The summed E-state index contributed by atoms with van der Waals surface area (Å²) in [5.41, 5.74) is 23.8. The van der Waals surface area contributed by atoms with Crippen molar-refractivity contribution in [3.05, 3.63) is 173 Å². The predicted molar refractivity (Wildman–Crippen MR) is 279 cm³/mol. The number of benzene rings is 7. The molecule has 0 fully saturated rings. The molecule has 0 radical (unpaired) electrons. The molecule has 0 amide bonds. The molecule has 0 unspecified atom stereocenters. The lowest BCUT2D eigenvalue weighted by atomic mass is 9.20. The van der Waals surface area contributed by atoms with Gasteiger partial charge in [0.05, 0.1) is 11.0 Å². The predicted octanol–water partition coefficient (Wildman–Crippen LogP) is 12.5. The zero-order chi connectivity index (χ0) is 44.4. The van der Waals surface area contributed by atoms with E-state index in [0.717, 1.165) is 0 Å². The van der Waals surface area contributed by atoms with Crippen molar-refractivity contribution >= 4 is 68.0 Å². The van der Waals surface area contributed by atoms with Crippen molar-refractivity contribution < 1.29 is 0 Å². The third-order valence-corrected chi connectivity index (χ3v) is 14.3. The van der Waals surface area contributed by atoms with Crippen molar-refractivity contribution in [3.63, 3.8) is 0 Å². The molecule has 316 valence electrons. The van der Waals surface area contributed by atoms with Crippen LogP contribution in [-0.2, 0) is 0 Å². The van der Waals surface area contributed by atoms with Crippen molar-refractivity contribution in [1.82, 2.24) is 4.57 Å². The number of nitrogens with zero attached hydrogens (tertiary/aromatic N) is 1. The molecule has 1 aliphatic rings. The summed E-state index contributed by atoms with van der Waals surface area (Å²) in [6, 6.07) is 54.2. The van der Waals surface area contributed by atoms with E-state index in [0.29, 0.717) is 35.5 Å². The third kappa shape index (κ3) is 7.40. The Morgan fingerprint density at radius 1 is 0.333 bits per heavy atom. The minimum Gasteiger partial charge on any atom is -0.309 e. The topological polar surface area (TPSA) is 4.93 Å². The number of aromatic nitrogens is 1. The maximum absolute atomic E-state index is 2.59. The molecule has 0 atom stereocenters. The first-order valence-corrected chi connectivity index (χ1v) is 23.9. The maximum atomic E-state index is 2.59. The molecule has 8 aromatic rings. The largest absolute Gasteiger partial charge is 0.309 e. The molecule has 0 bridgehead atoms. The van der Waals surface area contributed by atoms with Crippen molar-refractivity contribution in [2.24, 2.45) is 0 Å². The highest BCUT2D eigenvalue weighted by molar-refractivity contribution is 7.11. The van der Waals surface area contributed by atoms with Crippen LogP contribution in [0.1, 0.15) is 152 Å². The van der Waals surface area contributed by atoms with Crippen LogP contribution in [0.2, 0.25) is 0 Å². The molecule has 0 spiro atoms. The molecule has 3 heteroatoms. The van der Waals surface area contributed by atoms with E-state index in [-0.39, 0.29) is 13.4 Å². The van der Waals surface area contributed by atoms with Crippen molar-refractivity contribution in [1.29, 1.82) is 0 Å². The Balaban J connectivity index is 1.31. The fourth-order valence-corrected chi connectivity index (χ4v) is 11.0. The van der Waals surface area contributed by atoms with Gasteiger partial charge in [-0.25, -0.2) is 0 Å². The first-order valence-electron chi connectivity index (χ1n) is 23.9. The van der Waals surface area contributed by atoms with Gasteiger partial charge < -0.3 is 4.57 Å². The summed E-state index contributed by atoms with van der Waals surface area (Å²) < 4.78 is 2.42. The van der Waals surface area contributed by atoms with Crippen LogP contribution in [0.3, 0.4) is 0 Å². The Bertz CT molecular complexity index is 2860. The van der Waals surface area contributed by atoms with Crippen molar-refractivity contribution in [2.75, 3.05) is 0 Å². The SMILES string of the molecule is CC(C)c1cc(C(C)C)c(B2c3ccccc3B(c3c(C(C)C)cc(C(C)C)cc3C(C)C)c3cc(-c4ccc(-n5c6ccccc6c6ccccc65)cc4)ccc32)c(C(C)C)c1. The van der Waals surface area contributed by atoms with Gasteiger partial charge in [0, 0.05) is 16.5 Å². The van der Waals surface area contributed by atoms with E-state index in [1.165, 1.54) is 105 Å². The standard InChI is InChI=1S/C60H65B2N/c1-36(2)44-31-49(38(5)6)59(50(32-44)39(7)8)61-53-21-15-16-22-54(53)62(60-51(40(9)10)33-45(37(3)4)34-52(60)41(11)12)56-35-43(27-30-55(56)61)42-25-28-46(29-26-42)63-57-23-17-13-19-47(57)48-20-14-18-24-58(48)63/h13-41H,1-12H3. The molecule has 1 nitrogen and oxygen atoms in total. The summed E-state index contributed by atoms with van der Waals surface area (Å²) in [5, 5.41) is 2.58. The van der Waals surface area contributed by atoms with Gasteiger partial charge in [0.1, 0.15) is 0 Å². The van der Waals surface area contributed by atoms with Crippen LogP contribution in [0, 0.1) is 0 Å². The molecule has 1 aliphatic heterocycles. The third-order valence-electron chi connectivity index (χ3n) is 14.3. The first kappa shape index (κ1) is 42.8. The zero-order valence-corrected chi connectivity index (χ0v) is 39.8. The minimum atomic E-state index is 0.0974. The number of fused-ring (bicyclic) bond motifs is 5. The minimum absolute atomic E-state index is 0.0974. The van der Waals surface area contributed by atoms with Gasteiger partial charge in [-0.15, -0.1) is 0 Å². The summed E-state index contributed by atoms with van der Waals surface area (Å²) >= 11 is 0. The van der Waals surface area contributed by atoms with E-state index in [1.54, 1.807) is 0 Å². The maximum Gasteiger partial charge on any atom is 0.240 e. The molecule has 2 heterocycles. The van der Waals surface area contributed by atoms with Crippen LogP contribution in [0.25, 0.3) is 38.6 Å². The summed E-state index contributed by atoms with van der Waals surface area (Å²) in [5.74, 6) is 2.46. The highest BCUT2D eigenvalue weighted by Crippen LogP contribution is 2.34. The highest BCUT2D eigenvalue weighted by Gasteiger charge is 2.42. The molecule has 9 rings (SSSR count). The monoisotopic (exact) mass is 822 g/mol. The second-order valence-electron chi connectivity index (χ2n) is 20.4. The fourth-order valence-electron chi connectivity index (χ4n) is 11.0. The quantitative estimate of drug-likeness (QED) is 0.121. The van der Waals surface area contributed by atoms with E-state index in [1.807, 2.05) is 0 Å². The average Bonchev–Trinajstić information content (AvgIpc) is 3.61. The van der Waals surface area contributed by atoms with Gasteiger partial charge in [0.2, 0.25) is 13.4 Å². The molecule has 1 aromatic heterocycles. The summed E-state index contributed by atoms with van der Waals surface area (Å²) in [7, 11) is 0. The molecule has 0 saturated heterocycles. The van der Waals surface area contributed by atoms with Crippen LogP contribution < -0.4 is 32.8 Å². The molecular weight excluding hydrogens is 756 g/mol. The molecular formula is C60H65B2N. The second kappa shape index (κ2) is 16.9. The van der Waals surface area contributed by atoms with Crippen LogP contribution in [-0.4, -0.2) is 18.0 Å². The highest BCUT2D eigenvalue weighted by atomic mass is 15.0. The summed E-state index contributed by atoms with van der Waals surface area (Å²) in [6.07, 6.45) is 0. The smallest absolute Gasteiger partial charge is 0.240 e. The molecule has 0 aliphatic carbocycles. The molecule has 0 N–H and O–H groups in total. The zero-order valence-electron chi connectivity index (χ0n) is 39.8. The van der Waals surface area contributed by atoms with Crippen LogP contribution in [0.5, 0.6) is 0 Å². The van der Waals surface area contributed by atoms with Crippen LogP contribution >= 0.6 is 0 Å². The Labute approximate surface area is 379 Å². The van der Waals surface area contributed by atoms with E-state index < -0.39 is 0 Å². The normalized spacial score (nSPS) is 12.9. The lowest BCUT2D eigenvalue weighted by Gasteiger charge is -2.37. The fraction of sp³-hybridized carbons (Fsp3) is 0.300. The summed E-state index contributed by atoms with van der Waals surface area (Å²) in [6.45, 7) is 28.8. The van der Waals surface area contributed by atoms with E-state index in [2.05, 4.69) is 227 Å². The molecule has 0 saturated carbocycles. The lowest BCUT2D eigenvalue weighted by Crippen LogP contribution is -2.76. The number of rotatable bonds is 10. The van der Waals surface area contributed by atoms with Crippen LogP contribution in [0.15, 0.2) is 140 Å². The van der Waals surface area contributed by atoms with E-state index >= 15 is 0 Å². The van der Waals surface area contributed by atoms with Gasteiger partial charge in [-0.1, -0.05) is 231 Å². The van der Waals surface area contributed by atoms with Gasteiger partial charge >= 0.3 is 0 Å². The van der Waals surface area contributed by atoms with Gasteiger partial charge in [0.15, 0.2) is 0 Å².